The summed E-state index contributed by atoms with van der Waals surface area (Å²) in [5, 5.41) is 0. The molecule has 0 aliphatic heterocycles. The molecule has 4 nitrogen and oxygen atoms in total. The summed E-state index contributed by atoms with van der Waals surface area (Å²) in [5.74, 6) is 0.551. The predicted molar refractivity (Wildman–Crippen MR) is 68.1 cm³/mol. The van der Waals surface area contributed by atoms with E-state index in [-0.39, 0.29) is 5.97 Å². The Morgan fingerprint density at radius 1 is 1.56 bits per heavy atom. The molecule has 1 aliphatic rings. The summed E-state index contributed by atoms with van der Waals surface area (Å²) in [6.45, 7) is 0. The quantitative estimate of drug-likeness (QED) is 0.632. The number of aromatic nitrogens is 2. The van der Waals surface area contributed by atoms with E-state index < -0.39 is 0 Å². The molecule has 18 heavy (non-hydrogen) atoms. The van der Waals surface area contributed by atoms with Crippen molar-refractivity contribution in [2.24, 2.45) is 0 Å². The smallest absolute Gasteiger partial charge is 0.341 e. The molecule has 94 valence electrons. The van der Waals surface area contributed by atoms with Crippen LogP contribution >= 0.6 is 11.6 Å². The lowest BCUT2D eigenvalue weighted by atomic mass is 10.1. The molecule has 0 unspecified atom stereocenters. The lowest BCUT2D eigenvalue weighted by Gasteiger charge is -2.05. The van der Waals surface area contributed by atoms with Gasteiger partial charge in [0.2, 0.25) is 0 Å². The minimum absolute atomic E-state index is 0.334. The van der Waals surface area contributed by atoms with E-state index in [2.05, 4.69) is 4.98 Å². The van der Waals surface area contributed by atoms with E-state index in [9.17, 15) is 4.79 Å². The van der Waals surface area contributed by atoms with Gasteiger partial charge < -0.3 is 9.14 Å². The topological polar surface area (TPSA) is 43.6 Å². The third-order valence-corrected chi connectivity index (χ3v) is 3.49. The van der Waals surface area contributed by atoms with E-state index >= 15 is 0 Å². The highest BCUT2D eigenvalue weighted by atomic mass is 35.5. The van der Waals surface area contributed by atoms with Crippen molar-refractivity contribution in [3.8, 4) is 0 Å². The molecule has 2 heterocycles. The number of methoxy groups -OCH3 is 1. The number of imidazole rings is 1. The largest absolute Gasteiger partial charge is 0.465 e. The Bertz CT molecular complexity index is 617. The van der Waals surface area contributed by atoms with Crippen LogP contribution in [-0.4, -0.2) is 22.5 Å². The number of halogens is 1. The number of carbonyl (C=O) groups is 1. The van der Waals surface area contributed by atoms with Crippen molar-refractivity contribution >= 4 is 23.2 Å². The van der Waals surface area contributed by atoms with Crippen molar-refractivity contribution in [3.05, 3.63) is 35.3 Å². The molecular formula is C13H13ClN2O2. The van der Waals surface area contributed by atoms with Crippen molar-refractivity contribution in [2.45, 2.75) is 24.6 Å². The van der Waals surface area contributed by atoms with Crippen LogP contribution in [0.4, 0.5) is 0 Å². The predicted octanol–water partition coefficient (Wildman–Crippen LogP) is 2.74. The number of nitrogens with zero attached hydrogens (tertiary/aromatic N) is 2. The molecule has 3 rings (SSSR count). The first-order chi connectivity index (χ1) is 8.72. The van der Waals surface area contributed by atoms with Gasteiger partial charge in [-0.05, 0) is 30.4 Å². The average Bonchev–Trinajstić information content (AvgIpc) is 3.16. The van der Waals surface area contributed by atoms with Crippen LogP contribution in [0.5, 0.6) is 0 Å². The normalized spacial score (nSPS) is 15.0. The third-order valence-electron chi connectivity index (χ3n) is 3.21. The molecule has 0 N–H and O–H groups in total. The summed E-state index contributed by atoms with van der Waals surface area (Å²) in [5.41, 5.74) is 3.05. The van der Waals surface area contributed by atoms with E-state index in [4.69, 9.17) is 16.3 Å². The molecule has 1 fully saturated rings. The third kappa shape index (κ3) is 1.86. The van der Waals surface area contributed by atoms with Gasteiger partial charge in [0.25, 0.3) is 0 Å². The maximum Gasteiger partial charge on any atom is 0.341 e. The molecule has 0 aromatic carbocycles. The SMILES string of the molecule is COC(=O)c1cc(C2CC2)cn2cc(CCl)nc12. The number of hydrogen-bond donors (Lipinski definition) is 0. The number of fused-ring (bicyclic) bond motifs is 1. The highest BCUT2D eigenvalue weighted by molar-refractivity contribution is 6.16. The van der Waals surface area contributed by atoms with Gasteiger partial charge in [-0.25, -0.2) is 9.78 Å². The van der Waals surface area contributed by atoms with Crippen molar-refractivity contribution in [1.29, 1.82) is 0 Å². The zero-order chi connectivity index (χ0) is 12.7. The monoisotopic (exact) mass is 264 g/mol. The molecule has 5 heteroatoms. The molecule has 0 saturated heterocycles. The molecule has 2 aromatic rings. The van der Waals surface area contributed by atoms with Crippen LogP contribution in [0, 0.1) is 0 Å². The zero-order valence-corrected chi connectivity index (χ0v) is 10.8. The number of esters is 1. The van der Waals surface area contributed by atoms with Gasteiger partial charge in [-0.3, -0.25) is 0 Å². The lowest BCUT2D eigenvalue weighted by molar-refractivity contribution is 0.0602. The standard InChI is InChI=1S/C13H13ClN2O2/c1-18-13(17)11-4-9(8-2-3-8)6-16-7-10(5-14)15-12(11)16/h4,6-8H,2-3,5H2,1H3. The number of alkyl halides is 1. The summed E-state index contributed by atoms with van der Waals surface area (Å²) in [6.07, 6.45) is 6.26. The first-order valence-electron chi connectivity index (χ1n) is 5.88. The van der Waals surface area contributed by atoms with E-state index in [1.54, 1.807) is 0 Å². The summed E-state index contributed by atoms with van der Waals surface area (Å²) in [7, 11) is 1.38. The number of hydrogen-bond acceptors (Lipinski definition) is 3. The minimum atomic E-state index is -0.353. The summed E-state index contributed by atoms with van der Waals surface area (Å²) in [4.78, 5) is 16.2. The van der Waals surface area contributed by atoms with Gasteiger partial charge in [-0.1, -0.05) is 0 Å². The number of rotatable bonds is 3. The van der Waals surface area contributed by atoms with Gasteiger partial charge in [0.15, 0.2) is 5.65 Å². The second-order valence-electron chi connectivity index (χ2n) is 4.55. The van der Waals surface area contributed by atoms with Crippen LogP contribution in [0.2, 0.25) is 0 Å². The summed E-state index contributed by atoms with van der Waals surface area (Å²) < 4.78 is 6.69. The second-order valence-corrected chi connectivity index (χ2v) is 4.82. The second kappa shape index (κ2) is 4.28. The Morgan fingerprint density at radius 3 is 2.94 bits per heavy atom. The van der Waals surface area contributed by atoms with Crippen LogP contribution in [0.15, 0.2) is 18.5 Å². The fourth-order valence-corrected chi connectivity index (χ4v) is 2.26. The van der Waals surface area contributed by atoms with Gasteiger partial charge in [-0.2, -0.15) is 0 Å². The Kier molecular flexibility index (Phi) is 2.74. The molecule has 1 aliphatic carbocycles. The van der Waals surface area contributed by atoms with Gasteiger partial charge >= 0.3 is 5.97 Å². The van der Waals surface area contributed by atoms with Crippen LogP contribution in [-0.2, 0) is 10.6 Å². The molecule has 0 amide bonds. The molecule has 0 bridgehead atoms. The maximum atomic E-state index is 11.8. The van der Waals surface area contributed by atoms with Gasteiger partial charge in [-0.15, -0.1) is 11.6 Å². The van der Waals surface area contributed by atoms with Gasteiger partial charge in [0.05, 0.1) is 18.7 Å². The van der Waals surface area contributed by atoms with Gasteiger partial charge in [0.1, 0.15) is 5.56 Å². The molecule has 2 aromatic heterocycles. The van der Waals surface area contributed by atoms with Crippen molar-refractivity contribution in [1.82, 2.24) is 9.38 Å². The maximum absolute atomic E-state index is 11.8. The first-order valence-corrected chi connectivity index (χ1v) is 6.42. The Morgan fingerprint density at radius 2 is 2.33 bits per heavy atom. The fraction of sp³-hybridized carbons (Fsp3) is 0.385. The van der Waals surface area contributed by atoms with Crippen LogP contribution in [0.3, 0.4) is 0 Å². The van der Waals surface area contributed by atoms with Crippen molar-refractivity contribution in [3.63, 3.8) is 0 Å². The van der Waals surface area contributed by atoms with Gasteiger partial charge in [0, 0.05) is 12.4 Å². The molecule has 1 saturated carbocycles. The van der Waals surface area contributed by atoms with E-state index in [1.807, 2.05) is 22.9 Å². The summed E-state index contributed by atoms with van der Waals surface area (Å²) >= 11 is 5.79. The molecule has 0 spiro atoms. The van der Waals surface area contributed by atoms with Crippen molar-refractivity contribution < 1.29 is 9.53 Å². The van der Waals surface area contributed by atoms with Crippen LogP contribution in [0.1, 0.15) is 40.4 Å². The zero-order valence-electron chi connectivity index (χ0n) is 10.0. The Balaban J connectivity index is 2.21. The molecule has 0 radical (unpaired) electrons. The molecular weight excluding hydrogens is 252 g/mol. The fourth-order valence-electron chi connectivity index (χ4n) is 2.14. The minimum Gasteiger partial charge on any atom is -0.465 e. The van der Waals surface area contributed by atoms with Crippen molar-refractivity contribution in [2.75, 3.05) is 7.11 Å². The Labute approximate surface area is 110 Å². The molecule has 0 atom stereocenters. The lowest BCUT2D eigenvalue weighted by Crippen LogP contribution is -2.05. The van der Waals surface area contributed by atoms with Crippen LogP contribution < -0.4 is 0 Å². The highest BCUT2D eigenvalue weighted by Crippen LogP contribution is 2.40. The van der Waals surface area contributed by atoms with E-state index in [0.29, 0.717) is 23.0 Å². The number of ether oxygens (including phenoxy) is 1. The number of carbonyl (C=O) groups excluding carboxylic acids is 1. The van der Waals surface area contributed by atoms with E-state index in [0.717, 1.165) is 5.69 Å². The van der Waals surface area contributed by atoms with E-state index in [1.165, 1.54) is 25.5 Å². The average molecular weight is 265 g/mol. The highest BCUT2D eigenvalue weighted by Gasteiger charge is 2.26. The number of pyridine rings is 1. The first kappa shape index (κ1) is 11.5. The Hall–Kier alpha value is -1.55. The summed E-state index contributed by atoms with van der Waals surface area (Å²) in [6, 6.07) is 1.89. The van der Waals surface area contributed by atoms with Crippen LogP contribution in [0.25, 0.3) is 5.65 Å².